The van der Waals surface area contributed by atoms with Crippen molar-refractivity contribution in [2.45, 2.75) is 26.2 Å². The summed E-state index contributed by atoms with van der Waals surface area (Å²) < 4.78 is 7.20. The average molecular weight is 394 g/mol. The number of pyridine rings is 1. The van der Waals surface area contributed by atoms with Gasteiger partial charge in [-0.3, -0.25) is 4.98 Å². The van der Waals surface area contributed by atoms with Gasteiger partial charge in [0.05, 0.1) is 5.69 Å². The van der Waals surface area contributed by atoms with E-state index in [1.54, 1.807) is 11.3 Å². The predicted molar refractivity (Wildman–Crippen MR) is 115 cm³/mol. The third-order valence-corrected chi connectivity index (χ3v) is 5.67. The van der Waals surface area contributed by atoms with E-state index in [1.807, 2.05) is 30.5 Å². The molecule has 136 valence electrons. The molecule has 2 heterocycles. The summed E-state index contributed by atoms with van der Waals surface area (Å²) in [4.78, 5) is 4.62. The van der Waals surface area contributed by atoms with E-state index in [4.69, 9.17) is 16.3 Å². The lowest BCUT2D eigenvalue weighted by Gasteiger charge is -2.19. The van der Waals surface area contributed by atoms with Crippen LogP contribution in [-0.4, -0.2) is 4.98 Å². The van der Waals surface area contributed by atoms with Gasteiger partial charge < -0.3 is 4.74 Å². The number of thiophene rings is 1. The van der Waals surface area contributed by atoms with Gasteiger partial charge in [-0.05, 0) is 47.4 Å². The molecular formula is C23H20ClNOS. The van der Waals surface area contributed by atoms with Crippen molar-refractivity contribution in [2.24, 2.45) is 0 Å². The van der Waals surface area contributed by atoms with Gasteiger partial charge in [0.2, 0.25) is 0 Å². The molecule has 2 nitrogen and oxygen atoms in total. The Morgan fingerprint density at radius 1 is 0.963 bits per heavy atom. The first-order valence-corrected chi connectivity index (χ1v) is 10.0. The Kier molecular flexibility index (Phi) is 4.67. The number of rotatable bonds is 3. The molecule has 0 saturated heterocycles. The highest BCUT2D eigenvalue weighted by Gasteiger charge is 2.16. The molecule has 0 aliphatic heterocycles. The van der Waals surface area contributed by atoms with Crippen LogP contribution in [0.5, 0.6) is 10.8 Å². The van der Waals surface area contributed by atoms with Crippen molar-refractivity contribution in [3.8, 4) is 22.1 Å². The minimum Gasteiger partial charge on any atom is -0.447 e. The molecule has 0 amide bonds. The van der Waals surface area contributed by atoms with Crippen LogP contribution in [0.2, 0.25) is 5.02 Å². The lowest BCUT2D eigenvalue weighted by molar-refractivity contribution is 0.497. The van der Waals surface area contributed by atoms with E-state index in [-0.39, 0.29) is 5.41 Å². The van der Waals surface area contributed by atoms with Crippen LogP contribution in [0.4, 0.5) is 0 Å². The summed E-state index contributed by atoms with van der Waals surface area (Å²) in [5.41, 5.74) is 3.47. The zero-order valence-corrected chi connectivity index (χ0v) is 17.1. The first kappa shape index (κ1) is 18.0. The molecule has 2 aromatic carbocycles. The highest BCUT2D eigenvalue weighted by Crippen LogP contribution is 2.40. The second-order valence-electron chi connectivity index (χ2n) is 7.52. The second-order valence-corrected chi connectivity index (χ2v) is 9.00. The fourth-order valence-corrected chi connectivity index (χ4v) is 4.14. The summed E-state index contributed by atoms with van der Waals surface area (Å²) in [6, 6.07) is 20.1. The average Bonchev–Trinajstić information content (AvgIpc) is 3.03. The molecule has 27 heavy (non-hydrogen) atoms. The van der Waals surface area contributed by atoms with Crippen LogP contribution in [-0.2, 0) is 5.41 Å². The number of hydrogen-bond acceptors (Lipinski definition) is 3. The van der Waals surface area contributed by atoms with Gasteiger partial charge in [0.25, 0.3) is 0 Å². The third kappa shape index (κ3) is 3.85. The first-order chi connectivity index (χ1) is 12.9. The number of hydrogen-bond donors (Lipinski definition) is 0. The standard InChI is InChI=1S/C23H20ClNOS/c1-23(2,3)15-10-11-25-20(12-15)18-8-5-9-21-19(18)14-22(27-21)26-17-7-4-6-16(24)13-17/h4-14H,1-3H3. The van der Waals surface area contributed by atoms with Gasteiger partial charge in [-0.1, -0.05) is 61.9 Å². The molecule has 4 aromatic rings. The normalized spacial score (nSPS) is 11.7. The number of nitrogens with zero attached hydrogens (tertiary/aromatic N) is 1. The van der Waals surface area contributed by atoms with Crippen molar-refractivity contribution in [1.82, 2.24) is 4.98 Å². The van der Waals surface area contributed by atoms with Gasteiger partial charge in [0, 0.05) is 32.9 Å². The largest absolute Gasteiger partial charge is 0.447 e. The van der Waals surface area contributed by atoms with E-state index in [9.17, 15) is 0 Å². The Hall–Kier alpha value is -2.36. The number of aromatic nitrogens is 1. The Morgan fingerprint density at radius 3 is 2.56 bits per heavy atom. The van der Waals surface area contributed by atoms with E-state index in [2.05, 4.69) is 62.2 Å². The lowest BCUT2D eigenvalue weighted by atomic mass is 9.87. The summed E-state index contributed by atoms with van der Waals surface area (Å²) in [7, 11) is 0. The van der Waals surface area contributed by atoms with Crippen molar-refractivity contribution in [3.63, 3.8) is 0 Å². The smallest absolute Gasteiger partial charge is 0.182 e. The molecule has 0 saturated carbocycles. The molecular weight excluding hydrogens is 374 g/mol. The lowest BCUT2D eigenvalue weighted by Crippen LogP contribution is -2.11. The van der Waals surface area contributed by atoms with Crippen LogP contribution in [0.1, 0.15) is 26.3 Å². The van der Waals surface area contributed by atoms with Gasteiger partial charge in [-0.15, -0.1) is 0 Å². The van der Waals surface area contributed by atoms with Crippen LogP contribution in [0.25, 0.3) is 21.3 Å². The number of halogens is 1. The van der Waals surface area contributed by atoms with E-state index in [1.165, 1.54) is 10.3 Å². The molecule has 0 fully saturated rings. The van der Waals surface area contributed by atoms with E-state index in [0.717, 1.165) is 27.5 Å². The van der Waals surface area contributed by atoms with E-state index < -0.39 is 0 Å². The van der Waals surface area contributed by atoms with Gasteiger partial charge in [-0.25, -0.2) is 0 Å². The number of benzene rings is 2. The summed E-state index contributed by atoms with van der Waals surface area (Å²) in [6.45, 7) is 6.65. The monoisotopic (exact) mass is 393 g/mol. The molecule has 2 aromatic heterocycles. The highest BCUT2D eigenvalue weighted by molar-refractivity contribution is 7.20. The minimum atomic E-state index is 0.0844. The summed E-state index contributed by atoms with van der Waals surface area (Å²) in [5.74, 6) is 0.739. The van der Waals surface area contributed by atoms with Crippen molar-refractivity contribution in [3.05, 3.63) is 77.4 Å². The number of ether oxygens (including phenoxy) is 1. The maximum absolute atomic E-state index is 6.06. The van der Waals surface area contributed by atoms with Gasteiger partial charge in [0.15, 0.2) is 5.06 Å². The van der Waals surface area contributed by atoms with Gasteiger partial charge in [-0.2, -0.15) is 0 Å². The van der Waals surface area contributed by atoms with Crippen LogP contribution < -0.4 is 4.74 Å². The first-order valence-electron chi connectivity index (χ1n) is 8.83. The Morgan fingerprint density at radius 2 is 1.78 bits per heavy atom. The summed E-state index contributed by atoms with van der Waals surface area (Å²) in [5, 5.41) is 2.65. The topological polar surface area (TPSA) is 22.1 Å². The van der Waals surface area contributed by atoms with Crippen molar-refractivity contribution in [1.29, 1.82) is 0 Å². The van der Waals surface area contributed by atoms with Gasteiger partial charge >= 0.3 is 0 Å². The van der Waals surface area contributed by atoms with Crippen LogP contribution in [0.3, 0.4) is 0 Å². The molecule has 0 aliphatic rings. The fourth-order valence-electron chi connectivity index (χ4n) is 3.00. The highest BCUT2D eigenvalue weighted by atomic mass is 35.5. The molecule has 0 atom stereocenters. The van der Waals surface area contributed by atoms with Crippen LogP contribution in [0.15, 0.2) is 66.9 Å². The maximum atomic E-state index is 6.06. The van der Waals surface area contributed by atoms with Crippen molar-refractivity contribution < 1.29 is 4.74 Å². The number of fused-ring (bicyclic) bond motifs is 1. The predicted octanol–water partition coefficient (Wildman–Crippen LogP) is 7.71. The fraction of sp³-hybridized carbons (Fsp3) is 0.174. The van der Waals surface area contributed by atoms with E-state index in [0.29, 0.717) is 5.02 Å². The molecule has 0 spiro atoms. The summed E-state index contributed by atoms with van der Waals surface area (Å²) >= 11 is 7.69. The Balaban J connectivity index is 1.76. The zero-order chi connectivity index (χ0) is 19.0. The summed E-state index contributed by atoms with van der Waals surface area (Å²) in [6.07, 6.45) is 1.89. The molecule has 0 radical (unpaired) electrons. The minimum absolute atomic E-state index is 0.0844. The van der Waals surface area contributed by atoms with Crippen LogP contribution in [0, 0.1) is 0 Å². The molecule has 4 heteroatoms. The molecule has 0 bridgehead atoms. The van der Waals surface area contributed by atoms with Gasteiger partial charge in [0.1, 0.15) is 5.75 Å². The third-order valence-electron chi connectivity index (χ3n) is 4.46. The second kappa shape index (κ2) is 6.99. The van der Waals surface area contributed by atoms with E-state index >= 15 is 0 Å². The molecule has 0 unspecified atom stereocenters. The molecule has 0 aliphatic carbocycles. The SMILES string of the molecule is CC(C)(C)c1ccnc(-c2cccc3sc(Oc4cccc(Cl)c4)cc23)c1. The van der Waals surface area contributed by atoms with Crippen molar-refractivity contribution in [2.75, 3.05) is 0 Å². The quantitative estimate of drug-likeness (QED) is 0.355. The zero-order valence-electron chi connectivity index (χ0n) is 15.5. The maximum Gasteiger partial charge on any atom is 0.182 e. The Bertz CT molecular complexity index is 1110. The Labute approximate surface area is 168 Å². The van der Waals surface area contributed by atoms with Crippen LogP contribution >= 0.6 is 22.9 Å². The van der Waals surface area contributed by atoms with Crippen molar-refractivity contribution >= 4 is 33.0 Å². The molecule has 0 N–H and O–H groups in total. The molecule has 4 rings (SSSR count).